The van der Waals surface area contributed by atoms with Crippen LogP contribution in [0.4, 0.5) is 16.0 Å². The van der Waals surface area contributed by atoms with E-state index in [1.165, 1.54) is 24.7 Å². The van der Waals surface area contributed by atoms with Gasteiger partial charge in [0.15, 0.2) is 5.82 Å². The van der Waals surface area contributed by atoms with E-state index in [0.29, 0.717) is 24.8 Å². The van der Waals surface area contributed by atoms with Crippen molar-refractivity contribution < 1.29 is 13.9 Å². The fourth-order valence-electron chi connectivity index (χ4n) is 2.07. The zero-order valence-corrected chi connectivity index (χ0v) is 11.7. The van der Waals surface area contributed by atoms with E-state index in [4.69, 9.17) is 4.74 Å². The predicted octanol–water partition coefficient (Wildman–Crippen LogP) is 1.10. The van der Waals surface area contributed by atoms with E-state index in [9.17, 15) is 9.18 Å². The molecule has 22 heavy (non-hydrogen) atoms. The number of nitrogens with zero attached hydrogens (tertiary/aromatic N) is 4. The summed E-state index contributed by atoms with van der Waals surface area (Å²) in [4.78, 5) is 26.0. The van der Waals surface area contributed by atoms with Gasteiger partial charge in [0, 0.05) is 19.3 Å². The van der Waals surface area contributed by atoms with Crippen LogP contribution < -0.4 is 10.2 Å². The molecule has 1 saturated heterocycles. The van der Waals surface area contributed by atoms with E-state index in [-0.39, 0.29) is 5.56 Å². The van der Waals surface area contributed by atoms with Gasteiger partial charge in [0.2, 0.25) is 5.95 Å². The van der Waals surface area contributed by atoms with Gasteiger partial charge in [-0.2, -0.15) is 0 Å². The lowest BCUT2D eigenvalue weighted by Gasteiger charge is -2.26. The summed E-state index contributed by atoms with van der Waals surface area (Å²) in [5.74, 6) is -0.662. The predicted molar refractivity (Wildman–Crippen MR) is 77.2 cm³/mol. The van der Waals surface area contributed by atoms with Crippen molar-refractivity contribution >= 4 is 17.5 Å². The van der Waals surface area contributed by atoms with Gasteiger partial charge in [-0.1, -0.05) is 0 Å². The number of anilines is 2. The molecule has 1 aliphatic rings. The van der Waals surface area contributed by atoms with Gasteiger partial charge in [-0.05, 0) is 6.07 Å². The van der Waals surface area contributed by atoms with Gasteiger partial charge in [0.05, 0.1) is 43.1 Å². The Hall–Kier alpha value is -2.61. The quantitative estimate of drug-likeness (QED) is 0.914. The van der Waals surface area contributed by atoms with Gasteiger partial charge in [-0.15, -0.1) is 0 Å². The van der Waals surface area contributed by atoms with Crippen molar-refractivity contribution in [1.29, 1.82) is 0 Å². The molecule has 0 spiro atoms. The highest BCUT2D eigenvalue weighted by Gasteiger charge is 2.15. The molecule has 1 N–H and O–H groups in total. The van der Waals surface area contributed by atoms with Gasteiger partial charge in [-0.25, -0.2) is 14.4 Å². The maximum absolute atomic E-state index is 13.5. The van der Waals surface area contributed by atoms with Crippen LogP contribution in [-0.2, 0) is 4.74 Å². The van der Waals surface area contributed by atoms with Crippen molar-refractivity contribution in [2.24, 2.45) is 0 Å². The van der Waals surface area contributed by atoms with Gasteiger partial charge >= 0.3 is 0 Å². The first kappa shape index (κ1) is 14.3. The Balaban J connectivity index is 1.68. The lowest BCUT2D eigenvalue weighted by Crippen LogP contribution is -2.37. The van der Waals surface area contributed by atoms with Crippen molar-refractivity contribution in [1.82, 2.24) is 15.0 Å². The average Bonchev–Trinajstić information content (AvgIpc) is 2.57. The summed E-state index contributed by atoms with van der Waals surface area (Å²) < 4.78 is 18.7. The van der Waals surface area contributed by atoms with Crippen LogP contribution in [-0.4, -0.2) is 47.2 Å². The first-order chi connectivity index (χ1) is 10.7. The summed E-state index contributed by atoms with van der Waals surface area (Å²) in [6.45, 7) is 2.74. The molecule has 3 rings (SSSR count). The zero-order chi connectivity index (χ0) is 15.4. The minimum atomic E-state index is -0.675. The third kappa shape index (κ3) is 3.17. The summed E-state index contributed by atoms with van der Waals surface area (Å²) in [5, 5.41) is 2.55. The van der Waals surface area contributed by atoms with Crippen molar-refractivity contribution in [3.05, 3.63) is 42.2 Å². The number of hydrogen-bond acceptors (Lipinski definition) is 6. The molecular weight excluding hydrogens is 289 g/mol. The summed E-state index contributed by atoms with van der Waals surface area (Å²) >= 11 is 0. The van der Waals surface area contributed by atoms with Gasteiger partial charge in [-0.3, -0.25) is 9.78 Å². The third-order valence-electron chi connectivity index (χ3n) is 3.21. The van der Waals surface area contributed by atoms with Crippen LogP contribution >= 0.6 is 0 Å². The van der Waals surface area contributed by atoms with Crippen LogP contribution in [0, 0.1) is 5.82 Å². The number of carbonyl (C=O) groups is 1. The van der Waals surface area contributed by atoms with E-state index in [0.717, 1.165) is 19.3 Å². The Morgan fingerprint density at radius 3 is 2.64 bits per heavy atom. The Bertz CT molecular complexity index is 659. The number of rotatable bonds is 3. The summed E-state index contributed by atoms with van der Waals surface area (Å²) in [6, 6.07) is 1.31. The van der Waals surface area contributed by atoms with Gasteiger partial charge in [0.1, 0.15) is 0 Å². The molecule has 8 heteroatoms. The van der Waals surface area contributed by atoms with Gasteiger partial charge < -0.3 is 15.0 Å². The maximum Gasteiger partial charge on any atom is 0.258 e. The molecule has 0 aromatic carbocycles. The Labute approximate surface area is 126 Å². The molecule has 1 aliphatic heterocycles. The molecule has 2 aromatic heterocycles. The molecule has 7 nitrogen and oxygen atoms in total. The zero-order valence-electron chi connectivity index (χ0n) is 11.7. The van der Waals surface area contributed by atoms with Crippen LogP contribution in [0.2, 0.25) is 0 Å². The number of amides is 1. The van der Waals surface area contributed by atoms with Crippen molar-refractivity contribution in [3.63, 3.8) is 0 Å². The minimum absolute atomic E-state index is 0.0766. The Morgan fingerprint density at radius 2 is 1.95 bits per heavy atom. The topological polar surface area (TPSA) is 80.2 Å². The second-order valence-corrected chi connectivity index (χ2v) is 4.68. The highest BCUT2D eigenvalue weighted by Crippen LogP contribution is 2.13. The van der Waals surface area contributed by atoms with E-state index in [1.807, 2.05) is 4.90 Å². The average molecular weight is 303 g/mol. The van der Waals surface area contributed by atoms with E-state index < -0.39 is 11.7 Å². The number of ether oxygens (including phenoxy) is 1. The van der Waals surface area contributed by atoms with E-state index in [2.05, 4.69) is 20.3 Å². The number of hydrogen-bond donors (Lipinski definition) is 1. The molecule has 0 bridgehead atoms. The number of aromatic nitrogens is 3. The largest absolute Gasteiger partial charge is 0.378 e. The highest BCUT2D eigenvalue weighted by atomic mass is 19.1. The monoisotopic (exact) mass is 303 g/mol. The first-order valence-electron chi connectivity index (χ1n) is 6.79. The number of morpholine rings is 1. The molecule has 3 heterocycles. The van der Waals surface area contributed by atoms with Crippen LogP contribution in [0.25, 0.3) is 0 Å². The smallest absolute Gasteiger partial charge is 0.258 e. The first-order valence-corrected chi connectivity index (χ1v) is 6.79. The van der Waals surface area contributed by atoms with E-state index in [1.54, 1.807) is 0 Å². The Morgan fingerprint density at radius 1 is 1.23 bits per heavy atom. The second kappa shape index (κ2) is 6.44. The molecule has 0 aliphatic carbocycles. The number of nitrogens with one attached hydrogen (secondary N) is 1. The molecule has 0 atom stereocenters. The maximum atomic E-state index is 13.5. The number of pyridine rings is 1. The lowest BCUT2D eigenvalue weighted by molar-refractivity contribution is 0.102. The SMILES string of the molecule is O=C(Nc1cnc(N2CCOCC2)nc1)c1ccncc1F. The molecule has 1 amide bonds. The summed E-state index contributed by atoms with van der Waals surface area (Å²) in [6.07, 6.45) is 5.34. The van der Waals surface area contributed by atoms with Crippen LogP contribution in [0.5, 0.6) is 0 Å². The van der Waals surface area contributed by atoms with E-state index >= 15 is 0 Å². The molecule has 114 valence electrons. The molecule has 2 aromatic rings. The minimum Gasteiger partial charge on any atom is -0.378 e. The molecule has 0 radical (unpaired) electrons. The fraction of sp³-hybridized carbons (Fsp3) is 0.286. The highest BCUT2D eigenvalue weighted by molar-refractivity contribution is 6.04. The van der Waals surface area contributed by atoms with Gasteiger partial charge in [0.25, 0.3) is 5.91 Å². The Kier molecular flexibility index (Phi) is 4.19. The normalized spacial score (nSPS) is 14.7. The molecular formula is C14H14FN5O2. The summed E-state index contributed by atoms with van der Waals surface area (Å²) in [5.41, 5.74) is 0.325. The van der Waals surface area contributed by atoms with Crippen LogP contribution in [0.1, 0.15) is 10.4 Å². The van der Waals surface area contributed by atoms with Crippen LogP contribution in [0.3, 0.4) is 0 Å². The summed E-state index contributed by atoms with van der Waals surface area (Å²) in [7, 11) is 0. The molecule has 1 fully saturated rings. The molecule has 0 unspecified atom stereocenters. The second-order valence-electron chi connectivity index (χ2n) is 4.68. The molecule has 0 saturated carbocycles. The van der Waals surface area contributed by atoms with Crippen molar-refractivity contribution in [2.45, 2.75) is 0 Å². The lowest BCUT2D eigenvalue weighted by atomic mass is 10.2. The standard InChI is InChI=1S/C14H14FN5O2/c15-12-9-16-2-1-11(12)13(21)19-10-7-17-14(18-8-10)20-3-5-22-6-4-20/h1-2,7-9H,3-6H2,(H,19,21). The van der Waals surface area contributed by atoms with Crippen molar-refractivity contribution in [2.75, 3.05) is 36.5 Å². The third-order valence-corrected chi connectivity index (χ3v) is 3.21. The number of carbonyl (C=O) groups excluding carboxylic acids is 1. The van der Waals surface area contributed by atoms with Crippen molar-refractivity contribution in [3.8, 4) is 0 Å². The fourth-order valence-corrected chi connectivity index (χ4v) is 2.07. The number of halogens is 1. The van der Waals surface area contributed by atoms with Crippen LogP contribution in [0.15, 0.2) is 30.9 Å².